The van der Waals surface area contributed by atoms with Crippen LogP contribution in [0.25, 0.3) is 0 Å². The highest BCUT2D eigenvalue weighted by atomic mass is 79.9. The minimum atomic E-state index is -0.497. The summed E-state index contributed by atoms with van der Waals surface area (Å²) < 4.78 is 11.4. The molecule has 0 saturated heterocycles. The van der Waals surface area contributed by atoms with Gasteiger partial charge in [0.25, 0.3) is 0 Å². The topological polar surface area (TPSA) is 35.5 Å². The summed E-state index contributed by atoms with van der Waals surface area (Å²) in [7, 11) is 1.41. The van der Waals surface area contributed by atoms with Crippen LogP contribution in [0.15, 0.2) is 28.7 Å². The Morgan fingerprint density at radius 2 is 2.00 bits per heavy atom. The number of carbonyl (C=O) groups excluding carboxylic acids is 1. The van der Waals surface area contributed by atoms with Crippen molar-refractivity contribution in [2.45, 2.75) is 26.9 Å². The molecule has 100 valence electrons. The van der Waals surface area contributed by atoms with E-state index in [9.17, 15) is 4.79 Å². The Bertz CT molecular complexity index is 402. The van der Waals surface area contributed by atoms with Crippen LogP contribution in [0.3, 0.4) is 0 Å². The summed E-state index contributed by atoms with van der Waals surface area (Å²) in [6.07, 6.45) is 0.643. The van der Waals surface area contributed by atoms with Crippen molar-refractivity contribution in [3.8, 4) is 0 Å². The van der Waals surface area contributed by atoms with Crippen molar-refractivity contribution in [1.29, 1.82) is 0 Å². The number of ether oxygens (including phenoxy) is 2. The summed E-state index contributed by atoms with van der Waals surface area (Å²) in [6, 6.07) is 7.93. The second-order valence-corrected chi connectivity index (χ2v) is 5.62. The fourth-order valence-electron chi connectivity index (χ4n) is 1.50. The molecule has 4 heteroatoms. The van der Waals surface area contributed by atoms with Gasteiger partial charge in [-0.15, -0.1) is 0 Å². The fraction of sp³-hybridized carbons (Fsp3) is 0.500. The van der Waals surface area contributed by atoms with E-state index in [2.05, 4.69) is 15.9 Å². The molecular formula is C14H19BrO3. The van der Waals surface area contributed by atoms with E-state index in [1.165, 1.54) is 7.11 Å². The van der Waals surface area contributed by atoms with E-state index in [0.717, 1.165) is 10.0 Å². The second-order valence-electron chi connectivity index (χ2n) is 4.77. The normalized spacial score (nSPS) is 11.3. The number of esters is 1. The highest BCUT2D eigenvalue weighted by Gasteiger charge is 2.28. The average molecular weight is 315 g/mol. The largest absolute Gasteiger partial charge is 0.469 e. The molecule has 3 nitrogen and oxygen atoms in total. The van der Waals surface area contributed by atoms with Crippen molar-refractivity contribution in [2.75, 3.05) is 13.7 Å². The second kappa shape index (κ2) is 6.90. The molecule has 0 aliphatic heterocycles. The lowest BCUT2D eigenvalue weighted by atomic mass is 9.90. The Labute approximate surface area is 117 Å². The van der Waals surface area contributed by atoms with E-state index < -0.39 is 5.41 Å². The van der Waals surface area contributed by atoms with Gasteiger partial charge >= 0.3 is 5.97 Å². The van der Waals surface area contributed by atoms with Gasteiger partial charge in [-0.25, -0.2) is 0 Å². The lowest BCUT2D eigenvalue weighted by Gasteiger charge is -2.21. The molecule has 0 aliphatic carbocycles. The molecule has 0 unspecified atom stereocenters. The predicted octanol–water partition coefficient (Wildman–Crippen LogP) is 3.56. The molecule has 0 amide bonds. The van der Waals surface area contributed by atoms with Crippen molar-refractivity contribution < 1.29 is 14.3 Å². The summed E-state index contributed by atoms with van der Waals surface area (Å²) in [5, 5.41) is 0. The summed E-state index contributed by atoms with van der Waals surface area (Å²) in [5.74, 6) is -0.202. The molecule has 0 aliphatic rings. The minimum absolute atomic E-state index is 0.202. The lowest BCUT2D eigenvalue weighted by Crippen LogP contribution is -2.27. The monoisotopic (exact) mass is 314 g/mol. The van der Waals surface area contributed by atoms with Crippen LogP contribution < -0.4 is 0 Å². The first-order valence-electron chi connectivity index (χ1n) is 5.87. The van der Waals surface area contributed by atoms with Crippen LogP contribution in [0.2, 0.25) is 0 Å². The van der Waals surface area contributed by atoms with E-state index >= 15 is 0 Å². The smallest absolute Gasteiger partial charge is 0.311 e. The molecule has 0 heterocycles. The van der Waals surface area contributed by atoms with Crippen LogP contribution in [0.1, 0.15) is 25.8 Å². The quantitative estimate of drug-likeness (QED) is 0.595. The molecule has 0 fully saturated rings. The Morgan fingerprint density at radius 3 is 2.61 bits per heavy atom. The molecular weight excluding hydrogens is 296 g/mol. The maximum atomic E-state index is 11.5. The first kappa shape index (κ1) is 15.2. The molecule has 0 bridgehead atoms. The van der Waals surface area contributed by atoms with E-state index in [1.54, 1.807) is 0 Å². The Hall–Kier alpha value is -0.870. The highest BCUT2D eigenvalue weighted by molar-refractivity contribution is 9.10. The third-order valence-electron chi connectivity index (χ3n) is 2.82. The van der Waals surface area contributed by atoms with Crippen LogP contribution in [0, 0.1) is 5.41 Å². The Kier molecular flexibility index (Phi) is 5.82. The van der Waals surface area contributed by atoms with Crippen molar-refractivity contribution in [3.05, 3.63) is 34.3 Å². The number of carbonyl (C=O) groups is 1. The maximum absolute atomic E-state index is 11.5. The molecule has 1 aromatic carbocycles. The fourth-order valence-corrected chi connectivity index (χ4v) is 1.90. The van der Waals surface area contributed by atoms with E-state index in [1.807, 2.05) is 38.1 Å². The Balaban J connectivity index is 2.35. The van der Waals surface area contributed by atoms with Crippen LogP contribution >= 0.6 is 15.9 Å². The molecule has 18 heavy (non-hydrogen) atoms. The van der Waals surface area contributed by atoms with Crippen LogP contribution in [-0.2, 0) is 20.9 Å². The molecule has 1 aromatic rings. The molecule has 0 atom stereocenters. The summed E-state index contributed by atoms with van der Waals surface area (Å²) in [6.45, 7) is 4.80. The Morgan fingerprint density at radius 1 is 1.33 bits per heavy atom. The van der Waals surface area contributed by atoms with Gasteiger partial charge < -0.3 is 9.47 Å². The zero-order valence-corrected chi connectivity index (χ0v) is 12.6. The molecule has 0 radical (unpaired) electrons. The van der Waals surface area contributed by atoms with Crippen molar-refractivity contribution >= 4 is 21.9 Å². The van der Waals surface area contributed by atoms with Crippen molar-refractivity contribution in [2.24, 2.45) is 5.41 Å². The van der Waals surface area contributed by atoms with Gasteiger partial charge in [-0.3, -0.25) is 4.79 Å². The van der Waals surface area contributed by atoms with Gasteiger partial charge in [0.1, 0.15) is 0 Å². The molecule has 0 saturated carbocycles. The van der Waals surface area contributed by atoms with Crippen LogP contribution in [0.5, 0.6) is 0 Å². The predicted molar refractivity (Wildman–Crippen MR) is 74.2 cm³/mol. The molecule has 0 aromatic heterocycles. The molecule has 0 N–H and O–H groups in total. The third-order valence-corrected chi connectivity index (χ3v) is 3.60. The van der Waals surface area contributed by atoms with Crippen molar-refractivity contribution in [1.82, 2.24) is 0 Å². The maximum Gasteiger partial charge on any atom is 0.311 e. The summed E-state index contributed by atoms with van der Waals surface area (Å²) in [5.41, 5.74) is 0.608. The first-order chi connectivity index (χ1) is 8.47. The van der Waals surface area contributed by atoms with Crippen LogP contribution in [0.4, 0.5) is 0 Å². The number of methoxy groups -OCH3 is 1. The van der Waals surface area contributed by atoms with Gasteiger partial charge in [-0.2, -0.15) is 0 Å². The van der Waals surface area contributed by atoms with Gasteiger partial charge in [-0.05, 0) is 31.9 Å². The standard InChI is InChI=1S/C14H19BrO3/c1-14(2,13(16)17-3)8-9-18-10-11-6-4-5-7-12(11)15/h4-7H,8-10H2,1-3H3. The van der Waals surface area contributed by atoms with E-state index in [0.29, 0.717) is 19.6 Å². The zero-order valence-electron chi connectivity index (χ0n) is 11.0. The lowest BCUT2D eigenvalue weighted by molar-refractivity contribution is -0.151. The van der Waals surface area contributed by atoms with Crippen molar-refractivity contribution in [3.63, 3.8) is 0 Å². The average Bonchev–Trinajstić information content (AvgIpc) is 2.35. The minimum Gasteiger partial charge on any atom is -0.469 e. The van der Waals surface area contributed by atoms with Gasteiger partial charge in [0.15, 0.2) is 0 Å². The molecule has 1 rings (SSSR count). The van der Waals surface area contributed by atoms with Crippen LogP contribution in [-0.4, -0.2) is 19.7 Å². The van der Waals surface area contributed by atoms with Gasteiger partial charge in [0.2, 0.25) is 0 Å². The SMILES string of the molecule is COC(=O)C(C)(C)CCOCc1ccccc1Br. The highest BCUT2D eigenvalue weighted by Crippen LogP contribution is 2.22. The van der Waals surface area contributed by atoms with Gasteiger partial charge in [0, 0.05) is 11.1 Å². The zero-order chi connectivity index (χ0) is 13.6. The number of halogens is 1. The summed E-state index contributed by atoms with van der Waals surface area (Å²) in [4.78, 5) is 11.5. The first-order valence-corrected chi connectivity index (χ1v) is 6.66. The van der Waals surface area contributed by atoms with Gasteiger partial charge in [0.05, 0.1) is 19.1 Å². The third kappa shape index (κ3) is 4.42. The number of rotatable bonds is 6. The summed E-state index contributed by atoms with van der Waals surface area (Å²) >= 11 is 3.47. The number of hydrogen-bond donors (Lipinski definition) is 0. The molecule has 0 spiro atoms. The number of hydrogen-bond acceptors (Lipinski definition) is 3. The number of benzene rings is 1. The van der Waals surface area contributed by atoms with E-state index in [-0.39, 0.29) is 5.97 Å². The van der Waals surface area contributed by atoms with Gasteiger partial charge in [-0.1, -0.05) is 34.1 Å². The van der Waals surface area contributed by atoms with E-state index in [4.69, 9.17) is 9.47 Å².